The van der Waals surface area contributed by atoms with Crippen LogP contribution in [0, 0.1) is 0 Å². The Bertz CT molecular complexity index is 492. The fourth-order valence-electron chi connectivity index (χ4n) is 2.11. The molecule has 94 valence electrons. The molecular formula is C13H12ClNO3. The molecule has 0 aliphatic carbocycles. The van der Waals surface area contributed by atoms with Crippen LogP contribution in [0.3, 0.4) is 0 Å². The van der Waals surface area contributed by atoms with E-state index >= 15 is 0 Å². The SMILES string of the molecule is CCCC(C(=O)Cl)N1C(=O)c2ccccc2C1=O. The average Bonchev–Trinajstić information content (AvgIpc) is 2.60. The second kappa shape index (κ2) is 4.90. The highest BCUT2D eigenvalue weighted by Gasteiger charge is 2.41. The zero-order chi connectivity index (χ0) is 13.3. The van der Waals surface area contributed by atoms with Crippen molar-refractivity contribution in [3.8, 4) is 0 Å². The molecule has 1 heterocycles. The summed E-state index contributed by atoms with van der Waals surface area (Å²) in [5.41, 5.74) is 0.669. The number of rotatable bonds is 4. The van der Waals surface area contributed by atoms with E-state index < -0.39 is 23.1 Å². The van der Waals surface area contributed by atoms with Gasteiger partial charge in [-0.1, -0.05) is 25.5 Å². The van der Waals surface area contributed by atoms with Crippen LogP contribution in [0.2, 0.25) is 0 Å². The van der Waals surface area contributed by atoms with Crippen molar-refractivity contribution >= 4 is 28.7 Å². The standard InChI is InChI=1S/C13H12ClNO3/c1-2-5-10(11(14)16)15-12(17)8-6-3-4-7-9(8)13(15)18/h3-4,6-7,10H,2,5H2,1H3. The van der Waals surface area contributed by atoms with E-state index in [2.05, 4.69) is 0 Å². The molecule has 2 rings (SSSR count). The van der Waals surface area contributed by atoms with Gasteiger partial charge in [-0.25, -0.2) is 0 Å². The minimum absolute atomic E-state index is 0.335. The van der Waals surface area contributed by atoms with Gasteiger partial charge in [-0.3, -0.25) is 19.3 Å². The predicted octanol–water partition coefficient (Wildman–Crippen LogP) is 2.22. The van der Waals surface area contributed by atoms with E-state index in [0.29, 0.717) is 24.0 Å². The molecule has 0 fully saturated rings. The first-order chi connectivity index (χ1) is 8.57. The van der Waals surface area contributed by atoms with Gasteiger partial charge in [0.15, 0.2) is 0 Å². The molecule has 18 heavy (non-hydrogen) atoms. The molecule has 0 N–H and O–H groups in total. The second-order valence-electron chi connectivity index (χ2n) is 4.13. The smallest absolute Gasteiger partial charge is 0.262 e. The first-order valence-electron chi connectivity index (χ1n) is 5.74. The van der Waals surface area contributed by atoms with Gasteiger partial charge in [-0.05, 0) is 30.2 Å². The van der Waals surface area contributed by atoms with Gasteiger partial charge in [0.1, 0.15) is 6.04 Å². The molecule has 0 saturated carbocycles. The number of fused-ring (bicyclic) bond motifs is 1. The largest absolute Gasteiger partial charge is 0.279 e. The average molecular weight is 266 g/mol. The molecule has 2 amide bonds. The van der Waals surface area contributed by atoms with Crippen molar-refractivity contribution in [1.82, 2.24) is 4.90 Å². The third kappa shape index (κ3) is 1.93. The molecule has 1 atom stereocenters. The molecule has 1 aromatic rings. The fraction of sp³-hybridized carbons (Fsp3) is 0.308. The Kier molecular flexibility index (Phi) is 3.48. The normalized spacial score (nSPS) is 15.8. The molecule has 0 spiro atoms. The highest BCUT2D eigenvalue weighted by molar-refractivity contribution is 6.65. The summed E-state index contributed by atoms with van der Waals surface area (Å²) >= 11 is 5.49. The van der Waals surface area contributed by atoms with E-state index in [0.717, 1.165) is 4.90 Å². The van der Waals surface area contributed by atoms with Gasteiger partial charge >= 0.3 is 0 Å². The van der Waals surface area contributed by atoms with Gasteiger partial charge in [0, 0.05) is 0 Å². The third-order valence-electron chi connectivity index (χ3n) is 2.96. The number of hydrogen-bond donors (Lipinski definition) is 0. The van der Waals surface area contributed by atoms with E-state index in [9.17, 15) is 14.4 Å². The first kappa shape index (κ1) is 12.8. The molecule has 4 nitrogen and oxygen atoms in total. The highest BCUT2D eigenvalue weighted by Crippen LogP contribution is 2.26. The molecular weight excluding hydrogens is 254 g/mol. The van der Waals surface area contributed by atoms with E-state index in [1.54, 1.807) is 24.3 Å². The number of carbonyl (C=O) groups excluding carboxylic acids is 3. The van der Waals surface area contributed by atoms with E-state index in [-0.39, 0.29) is 0 Å². The van der Waals surface area contributed by atoms with Crippen molar-refractivity contribution in [1.29, 1.82) is 0 Å². The van der Waals surface area contributed by atoms with Crippen LogP contribution in [0.25, 0.3) is 0 Å². The van der Waals surface area contributed by atoms with Gasteiger partial charge in [0.2, 0.25) is 5.24 Å². The van der Waals surface area contributed by atoms with Crippen LogP contribution >= 0.6 is 11.6 Å². The van der Waals surface area contributed by atoms with Gasteiger partial charge in [0.05, 0.1) is 11.1 Å². The lowest BCUT2D eigenvalue weighted by atomic mass is 10.1. The monoisotopic (exact) mass is 265 g/mol. The minimum atomic E-state index is -0.871. The van der Waals surface area contributed by atoms with Crippen molar-refractivity contribution in [3.05, 3.63) is 35.4 Å². The van der Waals surface area contributed by atoms with Crippen LogP contribution < -0.4 is 0 Å². The third-order valence-corrected chi connectivity index (χ3v) is 3.21. The Labute approximate surface area is 110 Å². The van der Waals surface area contributed by atoms with Crippen molar-refractivity contribution in [2.45, 2.75) is 25.8 Å². The van der Waals surface area contributed by atoms with Crippen LogP contribution in [-0.4, -0.2) is 28.0 Å². The molecule has 0 saturated heterocycles. The molecule has 1 aliphatic heterocycles. The van der Waals surface area contributed by atoms with Crippen molar-refractivity contribution in [3.63, 3.8) is 0 Å². The first-order valence-corrected chi connectivity index (χ1v) is 6.12. The Hall–Kier alpha value is -1.68. The molecule has 1 unspecified atom stereocenters. The molecule has 1 aliphatic rings. The number of amides is 2. The molecule has 5 heteroatoms. The molecule has 1 aromatic carbocycles. The maximum absolute atomic E-state index is 12.1. The molecule has 0 bridgehead atoms. The number of benzene rings is 1. The molecule has 0 radical (unpaired) electrons. The lowest BCUT2D eigenvalue weighted by Gasteiger charge is -2.22. The Morgan fingerprint density at radius 2 is 1.72 bits per heavy atom. The summed E-state index contributed by atoms with van der Waals surface area (Å²) in [5, 5.41) is -0.675. The Balaban J connectivity index is 2.41. The molecule has 0 aromatic heterocycles. The highest BCUT2D eigenvalue weighted by atomic mass is 35.5. The zero-order valence-corrected chi connectivity index (χ0v) is 10.6. The van der Waals surface area contributed by atoms with E-state index in [4.69, 9.17) is 11.6 Å². The minimum Gasteiger partial charge on any atom is -0.279 e. The van der Waals surface area contributed by atoms with Crippen LogP contribution in [-0.2, 0) is 4.79 Å². The maximum atomic E-state index is 12.1. The summed E-state index contributed by atoms with van der Waals surface area (Å²) in [6.07, 6.45) is 1.05. The number of hydrogen-bond acceptors (Lipinski definition) is 3. The number of halogens is 1. The van der Waals surface area contributed by atoms with Crippen molar-refractivity contribution < 1.29 is 14.4 Å². The summed E-state index contributed by atoms with van der Waals surface area (Å²) in [6.45, 7) is 1.87. The lowest BCUT2D eigenvalue weighted by Crippen LogP contribution is -2.43. The van der Waals surface area contributed by atoms with E-state index in [1.165, 1.54) is 0 Å². The second-order valence-corrected chi connectivity index (χ2v) is 4.51. The quantitative estimate of drug-likeness (QED) is 0.620. The van der Waals surface area contributed by atoms with Crippen LogP contribution in [0.5, 0.6) is 0 Å². The predicted molar refractivity (Wildman–Crippen MR) is 66.5 cm³/mol. The Morgan fingerprint density at radius 1 is 1.22 bits per heavy atom. The topological polar surface area (TPSA) is 54.5 Å². The summed E-state index contributed by atoms with van der Waals surface area (Å²) in [4.78, 5) is 36.6. The van der Waals surface area contributed by atoms with Crippen molar-refractivity contribution in [2.24, 2.45) is 0 Å². The number of nitrogens with zero attached hydrogens (tertiary/aromatic N) is 1. The van der Waals surface area contributed by atoms with Gasteiger partial charge in [0.25, 0.3) is 11.8 Å². The number of imide groups is 1. The Morgan fingerprint density at radius 3 is 2.11 bits per heavy atom. The fourth-order valence-corrected chi connectivity index (χ4v) is 2.32. The summed E-state index contributed by atoms with van der Waals surface area (Å²) in [6, 6.07) is 5.66. The van der Waals surface area contributed by atoms with Crippen LogP contribution in [0.4, 0.5) is 0 Å². The van der Waals surface area contributed by atoms with Gasteiger partial charge in [-0.2, -0.15) is 0 Å². The summed E-state index contributed by atoms with van der Waals surface area (Å²) in [7, 11) is 0. The maximum Gasteiger partial charge on any atom is 0.262 e. The van der Waals surface area contributed by atoms with Crippen molar-refractivity contribution in [2.75, 3.05) is 0 Å². The number of carbonyl (C=O) groups is 3. The lowest BCUT2D eigenvalue weighted by molar-refractivity contribution is -0.115. The summed E-state index contributed by atoms with van der Waals surface area (Å²) in [5.74, 6) is -0.883. The summed E-state index contributed by atoms with van der Waals surface area (Å²) < 4.78 is 0. The van der Waals surface area contributed by atoms with E-state index in [1.807, 2.05) is 6.92 Å². The van der Waals surface area contributed by atoms with Crippen LogP contribution in [0.15, 0.2) is 24.3 Å². The van der Waals surface area contributed by atoms with Crippen LogP contribution in [0.1, 0.15) is 40.5 Å². The zero-order valence-electron chi connectivity index (χ0n) is 9.85. The van der Waals surface area contributed by atoms with Gasteiger partial charge in [-0.15, -0.1) is 0 Å². The van der Waals surface area contributed by atoms with Gasteiger partial charge < -0.3 is 0 Å².